The van der Waals surface area contributed by atoms with Gasteiger partial charge in [0, 0.05) is 0 Å². The fraction of sp³-hybridized carbons (Fsp3) is 0.500. The molecule has 1 unspecified atom stereocenters. The van der Waals surface area contributed by atoms with Crippen LogP contribution in [0.2, 0.25) is 0 Å². The van der Waals surface area contributed by atoms with E-state index in [2.05, 4.69) is 5.32 Å². The Hall–Kier alpha value is -1.91. The van der Waals surface area contributed by atoms with Gasteiger partial charge in [0.1, 0.15) is 11.9 Å². The number of carbonyl (C=O) groups excluding carboxylic acids is 2. The predicted octanol–water partition coefficient (Wildman–Crippen LogP) is 2.46. The lowest BCUT2D eigenvalue weighted by Crippen LogP contribution is -2.42. The molecule has 0 fully saturated rings. The Bertz CT molecular complexity index is 488. The van der Waals surface area contributed by atoms with Crippen LogP contribution in [-0.2, 0) is 20.7 Å². The molecule has 4 nitrogen and oxygen atoms in total. The maximum atomic E-state index is 13.5. The third-order valence-corrected chi connectivity index (χ3v) is 2.90. The second-order valence-electron chi connectivity index (χ2n) is 5.32. The Labute approximate surface area is 124 Å². The summed E-state index contributed by atoms with van der Waals surface area (Å²) >= 11 is 0. The van der Waals surface area contributed by atoms with Gasteiger partial charge in [0.15, 0.2) is 0 Å². The van der Waals surface area contributed by atoms with Gasteiger partial charge < -0.3 is 10.1 Å². The zero-order valence-corrected chi connectivity index (χ0v) is 12.7. The van der Waals surface area contributed by atoms with Crippen LogP contribution < -0.4 is 5.32 Å². The SMILES string of the molecule is CCC(NC(=O)Cc1ccccc1F)C(=O)OCC(C)C. The highest BCUT2D eigenvalue weighted by Crippen LogP contribution is 2.07. The zero-order chi connectivity index (χ0) is 15.8. The maximum absolute atomic E-state index is 13.5. The first-order valence-corrected chi connectivity index (χ1v) is 7.13. The van der Waals surface area contributed by atoms with E-state index in [-0.39, 0.29) is 12.3 Å². The summed E-state index contributed by atoms with van der Waals surface area (Å²) in [5, 5.41) is 2.59. The molecule has 0 aliphatic carbocycles. The van der Waals surface area contributed by atoms with Crippen LogP contribution in [0.3, 0.4) is 0 Å². The van der Waals surface area contributed by atoms with Crippen LogP contribution in [0.1, 0.15) is 32.8 Å². The number of hydrogen-bond donors (Lipinski definition) is 1. The minimum Gasteiger partial charge on any atom is -0.464 e. The van der Waals surface area contributed by atoms with Crippen molar-refractivity contribution in [3.05, 3.63) is 35.6 Å². The molecule has 5 heteroatoms. The van der Waals surface area contributed by atoms with Crippen molar-refractivity contribution in [2.24, 2.45) is 5.92 Å². The van der Waals surface area contributed by atoms with E-state index in [0.717, 1.165) is 0 Å². The molecule has 1 N–H and O–H groups in total. The molecular weight excluding hydrogens is 273 g/mol. The summed E-state index contributed by atoms with van der Waals surface area (Å²) in [4.78, 5) is 23.7. The van der Waals surface area contributed by atoms with Gasteiger partial charge >= 0.3 is 5.97 Å². The second-order valence-corrected chi connectivity index (χ2v) is 5.32. The van der Waals surface area contributed by atoms with Crippen LogP contribution in [-0.4, -0.2) is 24.5 Å². The monoisotopic (exact) mass is 295 g/mol. The van der Waals surface area contributed by atoms with Gasteiger partial charge in [-0.2, -0.15) is 0 Å². The molecule has 21 heavy (non-hydrogen) atoms. The van der Waals surface area contributed by atoms with Gasteiger partial charge in [0.25, 0.3) is 0 Å². The summed E-state index contributed by atoms with van der Waals surface area (Å²) in [5.41, 5.74) is 0.306. The first kappa shape index (κ1) is 17.1. The van der Waals surface area contributed by atoms with E-state index in [1.807, 2.05) is 13.8 Å². The first-order chi connectivity index (χ1) is 9.93. The largest absolute Gasteiger partial charge is 0.464 e. The summed E-state index contributed by atoms with van der Waals surface area (Å²) in [5.74, 6) is -1.04. The number of rotatable bonds is 7. The Balaban J connectivity index is 2.55. The molecule has 0 saturated heterocycles. The highest BCUT2D eigenvalue weighted by molar-refractivity contribution is 5.85. The van der Waals surface area contributed by atoms with Crippen molar-refractivity contribution in [1.82, 2.24) is 5.32 Å². The van der Waals surface area contributed by atoms with Crippen LogP contribution in [0.15, 0.2) is 24.3 Å². The molecule has 0 aliphatic rings. The number of ether oxygens (including phenoxy) is 1. The summed E-state index contributed by atoms with van der Waals surface area (Å²) in [6.07, 6.45) is 0.334. The smallest absolute Gasteiger partial charge is 0.328 e. The number of esters is 1. The average Bonchev–Trinajstić information content (AvgIpc) is 2.44. The third-order valence-electron chi connectivity index (χ3n) is 2.90. The van der Waals surface area contributed by atoms with Gasteiger partial charge in [-0.3, -0.25) is 4.79 Å². The van der Waals surface area contributed by atoms with Crippen molar-refractivity contribution in [2.75, 3.05) is 6.61 Å². The van der Waals surface area contributed by atoms with E-state index in [4.69, 9.17) is 4.74 Å². The summed E-state index contributed by atoms with van der Waals surface area (Å²) in [6, 6.07) is 5.39. The zero-order valence-electron chi connectivity index (χ0n) is 12.7. The minimum absolute atomic E-state index is 0.0966. The summed E-state index contributed by atoms with van der Waals surface area (Å²) in [7, 11) is 0. The molecule has 0 bridgehead atoms. The van der Waals surface area contributed by atoms with Gasteiger partial charge in [-0.05, 0) is 24.0 Å². The lowest BCUT2D eigenvalue weighted by molar-refractivity contribution is -0.149. The van der Waals surface area contributed by atoms with Crippen LogP contribution in [0, 0.1) is 11.7 Å². The quantitative estimate of drug-likeness (QED) is 0.786. The third kappa shape index (κ3) is 5.94. The van der Waals surface area contributed by atoms with Crippen LogP contribution in [0.25, 0.3) is 0 Å². The van der Waals surface area contributed by atoms with Crippen molar-refractivity contribution < 1.29 is 18.7 Å². The predicted molar refractivity (Wildman–Crippen MR) is 78.1 cm³/mol. The second kappa shape index (κ2) is 8.39. The normalized spacial score (nSPS) is 12.0. The molecule has 0 spiro atoms. The highest BCUT2D eigenvalue weighted by Gasteiger charge is 2.21. The standard InChI is InChI=1S/C16H22FNO3/c1-4-14(16(20)21-10-11(2)3)18-15(19)9-12-7-5-6-8-13(12)17/h5-8,11,14H,4,9-10H2,1-3H3,(H,18,19). The molecule has 1 rings (SSSR count). The van der Waals surface area contributed by atoms with E-state index in [9.17, 15) is 14.0 Å². The van der Waals surface area contributed by atoms with Crippen molar-refractivity contribution in [1.29, 1.82) is 0 Å². The van der Waals surface area contributed by atoms with Crippen molar-refractivity contribution in [2.45, 2.75) is 39.7 Å². The molecule has 116 valence electrons. The molecule has 1 aromatic carbocycles. The molecule has 0 aliphatic heterocycles. The van der Waals surface area contributed by atoms with Crippen molar-refractivity contribution >= 4 is 11.9 Å². The number of hydrogen-bond acceptors (Lipinski definition) is 3. The van der Waals surface area contributed by atoms with Gasteiger partial charge in [-0.25, -0.2) is 9.18 Å². The number of amides is 1. The van der Waals surface area contributed by atoms with Crippen molar-refractivity contribution in [3.8, 4) is 0 Å². The molecule has 1 atom stereocenters. The summed E-state index contributed by atoms with van der Waals surface area (Å²) < 4.78 is 18.6. The highest BCUT2D eigenvalue weighted by atomic mass is 19.1. The molecule has 0 radical (unpaired) electrons. The van der Waals surface area contributed by atoms with E-state index in [0.29, 0.717) is 18.6 Å². The topological polar surface area (TPSA) is 55.4 Å². The van der Waals surface area contributed by atoms with Crippen LogP contribution >= 0.6 is 0 Å². The average molecular weight is 295 g/mol. The minimum atomic E-state index is -0.692. The van der Waals surface area contributed by atoms with E-state index in [1.165, 1.54) is 6.07 Å². The Morgan fingerprint density at radius 1 is 1.29 bits per heavy atom. The van der Waals surface area contributed by atoms with Crippen molar-refractivity contribution in [3.63, 3.8) is 0 Å². The lowest BCUT2D eigenvalue weighted by Gasteiger charge is -2.17. The number of carbonyl (C=O) groups is 2. The molecule has 1 amide bonds. The fourth-order valence-electron chi connectivity index (χ4n) is 1.74. The van der Waals surface area contributed by atoms with E-state index >= 15 is 0 Å². The van der Waals surface area contributed by atoms with Gasteiger partial charge in [0.05, 0.1) is 13.0 Å². The molecule has 0 heterocycles. The van der Waals surface area contributed by atoms with Crippen LogP contribution in [0.4, 0.5) is 4.39 Å². The number of benzene rings is 1. The lowest BCUT2D eigenvalue weighted by atomic mass is 10.1. The van der Waals surface area contributed by atoms with E-state index < -0.39 is 23.7 Å². The van der Waals surface area contributed by atoms with Gasteiger partial charge in [-0.1, -0.05) is 39.0 Å². The molecule has 0 aromatic heterocycles. The fourth-order valence-corrected chi connectivity index (χ4v) is 1.74. The van der Waals surface area contributed by atoms with Gasteiger partial charge in [-0.15, -0.1) is 0 Å². The Morgan fingerprint density at radius 3 is 2.52 bits per heavy atom. The first-order valence-electron chi connectivity index (χ1n) is 7.13. The summed E-state index contributed by atoms with van der Waals surface area (Å²) in [6.45, 7) is 5.97. The Kier molecular flexibility index (Phi) is 6.85. The number of halogens is 1. The molecule has 1 aromatic rings. The number of nitrogens with one attached hydrogen (secondary N) is 1. The van der Waals surface area contributed by atoms with Crippen LogP contribution in [0.5, 0.6) is 0 Å². The van der Waals surface area contributed by atoms with Gasteiger partial charge in [0.2, 0.25) is 5.91 Å². The molecule has 0 saturated carbocycles. The molecular formula is C16H22FNO3. The maximum Gasteiger partial charge on any atom is 0.328 e. The van der Waals surface area contributed by atoms with E-state index in [1.54, 1.807) is 25.1 Å². The Morgan fingerprint density at radius 2 is 1.95 bits per heavy atom.